The van der Waals surface area contributed by atoms with Gasteiger partial charge in [-0.05, 0) is 40.5 Å². The molecule has 1 aromatic heterocycles. The number of nitriles is 1. The highest BCUT2D eigenvalue weighted by Crippen LogP contribution is 2.27. The third-order valence-electron chi connectivity index (χ3n) is 2.29. The van der Waals surface area contributed by atoms with Crippen molar-refractivity contribution in [2.75, 3.05) is 0 Å². The van der Waals surface area contributed by atoms with Crippen LogP contribution >= 0.6 is 15.9 Å². The summed E-state index contributed by atoms with van der Waals surface area (Å²) >= 11 is 3.10. The average molecular weight is 306 g/mol. The van der Waals surface area contributed by atoms with Crippen molar-refractivity contribution >= 4 is 15.9 Å². The van der Waals surface area contributed by atoms with Crippen LogP contribution in [0.25, 0.3) is 0 Å². The van der Waals surface area contributed by atoms with E-state index in [4.69, 9.17) is 10.00 Å². The number of hydrogen-bond acceptors (Lipinski definition) is 4. The molecule has 1 N–H and O–H groups in total. The third kappa shape index (κ3) is 2.41. The Morgan fingerprint density at radius 1 is 1.50 bits per heavy atom. The number of nitrogens with zero attached hydrogens (tertiary/aromatic N) is 2. The molecule has 90 valence electrons. The molecule has 6 heteroatoms. The quantitative estimate of drug-likeness (QED) is 0.924. The van der Waals surface area contributed by atoms with Crippen molar-refractivity contribution in [2.24, 2.45) is 0 Å². The summed E-state index contributed by atoms with van der Waals surface area (Å²) in [5.74, 6) is 0.657. The molecule has 0 aliphatic carbocycles. The Labute approximate surface area is 111 Å². The highest BCUT2D eigenvalue weighted by Gasteiger charge is 2.10. The molecule has 0 saturated heterocycles. The van der Waals surface area contributed by atoms with Crippen LogP contribution in [0.5, 0.6) is 11.6 Å². The fourth-order valence-corrected chi connectivity index (χ4v) is 1.62. The zero-order chi connectivity index (χ0) is 13.1. The zero-order valence-electron chi connectivity index (χ0n) is 9.40. The Hall–Kier alpha value is -2.13. The van der Waals surface area contributed by atoms with E-state index in [-0.39, 0.29) is 15.9 Å². The van der Waals surface area contributed by atoms with E-state index < -0.39 is 0 Å². The Bertz CT molecular complexity index is 688. The zero-order valence-corrected chi connectivity index (χ0v) is 11.0. The number of nitrogens with one attached hydrogen (secondary N) is 1. The number of H-pyrrole nitrogens is 1. The van der Waals surface area contributed by atoms with Crippen LogP contribution in [0.1, 0.15) is 11.1 Å². The summed E-state index contributed by atoms with van der Waals surface area (Å²) in [4.78, 5) is 17.7. The first-order chi connectivity index (χ1) is 8.61. The SMILES string of the molecule is Cc1ccc(C#N)cc1Oc1nc[nH]c(=O)c1Br. The number of benzene rings is 1. The van der Waals surface area contributed by atoms with Crippen molar-refractivity contribution in [3.63, 3.8) is 0 Å². The Balaban J connectivity index is 2.43. The Kier molecular flexibility index (Phi) is 3.44. The van der Waals surface area contributed by atoms with E-state index in [0.29, 0.717) is 11.3 Å². The first-order valence-corrected chi connectivity index (χ1v) is 5.83. The van der Waals surface area contributed by atoms with Crippen LogP contribution in [0.15, 0.2) is 33.8 Å². The summed E-state index contributed by atoms with van der Waals surface area (Å²) in [6, 6.07) is 7.10. The maximum atomic E-state index is 11.4. The molecular formula is C12H8BrN3O2. The lowest BCUT2D eigenvalue weighted by Crippen LogP contribution is -2.08. The number of hydrogen-bond donors (Lipinski definition) is 1. The summed E-state index contributed by atoms with van der Waals surface area (Å²) in [5, 5.41) is 8.83. The second kappa shape index (κ2) is 5.02. The van der Waals surface area contributed by atoms with Crippen LogP contribution in [-0.2, 0) is 0 Å². The van der Waals surface area contributed by atoms with Crippen LogP contribution < -0.4 is 10.3 Å². The Morgan fingerprint density at radius 3 is 3.00 bits per heavy atom. The van der Waals surface area contributed by atoms with Gasteiger partial charge in [0.1, 0.15) is 10.2 Å². The number of ether oxygens (including phenoxy) is 1. The monoisotopic (exact) mass is 305 g/mol. The van der Waals surface area contributed by atoms with Crippen molar-refractivity contribution in [1.82, 2.24) is 9.97 Å². The molecule has 5 nitrogen and oxygen atoms in total. The van der Waals surface area contributed by atoms with Gasteiger partial charge < -0.3 is 9.72 Å². The summed E-state index contributed by atoms with van der Waals surface area (Å²) in [5.41, 5.74) is 1.01. The minimum absolute atomic E-state index is 0.164. The van der Waals surface area contributed by atoms with Crippen molar-refractivity contribution in [3.8, 4) is 17.7 Å². The number of halogens is 1. The maximum Gasteiger partial charge on any atom is 0.268 e. The summed E-state index contributed by atoms with van der Waals surface area (Å²) < 4.78 is 5.75. The predicted molar refractivity (Wildman–Crippen MR) is 68.5 cm³/mol. The van der Waals surface area contributed by atoms with Gasteiger partial charge in [-0.15, -0.1) is 0 Å². The van der Waals surface area contributed by atoms with E-state index >= 15 is 0 Å². The van der Waals surface area contributed by atoms with Crippen LogP contribution in [-0.4, -0.2) is 9.97 Å². The van der Waals surface area contributed by atoms with Gasteiger partial charge in [0.05, 0.1) is 18.0 Å². The highest BCUT2D eigenvalue weighted by molar-refractivity contribution is 9.10. The maximum absolute atomic E-state index is 11.4. The molecule has 1 aromatic carbocycles. The van der Waals surface area contributed by atoms with Crippen LogP contribution in [0.2, 0.25) is 0 Å². The Morgan fingerprint density at radius 2 is 2.28 bits per heavy atom. The molecular weight excluding hydrogens is 298 g/mol. The smallest absolute Gasteiger partial charge is 0.268 e. The molecule has 0 amide bonds. The van der Waals surface area contributed by atoms with E-state index in [2.05, 4.69) is 25.9 Å². The van der Waals surface area contributed by atoms with Gasteiger partial charge in [0.15, 0.2) is 0 Å². The molecule has 0 bridgehead atoms. The average Bonchev–Trinajstić information content (AvgIpc) is 2.37. The molecule has 0 radical (unpaired) electrons. The van der Waals surface area contributed by atoms with E-state index in [9.17, 15) is 4.79 Å². The van der Waals surface area contributed by atoms with Crippen molar-refractivity contribution < 1.29 is 4.74 Å². The largest absolute Gasteiger partial charge is 0.437 e. The lowest BCUT2D eigenvalue weighted by molar-refractivity contribution is 0.453. The fourth-order valence-electron chi connectivity index (χ4n) is 1.32. The summed E-state index contributed by atoms with van der Waals surface area (Å²) in [6.45, 7) is 1.84. The first kappa shape index (κ1) is 12.3. The van der Waals surface area contributed by atoms with Gasteiger partial charge in [-0.3, -0.25) is 4.79 Å². The van der Waals surface area contributed by atoms with E-state index in [1.807, 2.05) is 13.0 Å². The predicted octanol–water partition coefficient (Wildman–Crippen LogP) is 2.50. The molecule has 0 saturated carbocycles. The fraction of sp³-hybridized carbons (Fsp3) is 0.0833. The van der Waals surface area contributed by atoms with Gasteiger partial charge in [-0.25, -0.2) is 4.98 Å². The molecule has 0 atom stereocenters. The normalized spacial score (nSPS) is 9.83. The van der Waals surface area contributed by atoms with E-state index in [1.165, 1.54) is 6.33 Å². The number of aromatic nitrogens is 2. The van der Waals surface area contributed by atoms with Gasteiger partial charge in [0, 0.05) is 0 Å². The highest BCUT2D eigenvalue weighted by atomic mass is 79.9. The number of aromatic amines is 1. The van der Waals surface area contributed by atoms with E-state index in [1.54, 1.807) is 18.2 Å². The molecule has 1 heterocycles. The van der Waals surface area contributed by atoms with Crippen LogP contribution in [0.3, 0.4) is 0 Å². The third-order valence-corrected chi connectivity index (χ3v) is 2.99. The molecule has 18 heavy (non-hydrogen) atoms. The second-order valence-corrected chi connectivity index (χ2v) is 4.34. The molecule has 2 rings (SSSR count). The summed E-state index contributed by atoms with van der Waals surface area (Å²) in [7, 11) is 0. The van der Waals surface area contributed by atoms with Crippen molar-refractivity contribution in [1.29, 1.82) is 5.26 Å². The van der Waals surface area contributed by atoms with Crippen molar-refractivity contribution in [3.05, 3.63) is 50.5 Å². The lowest BCUT2D eigenvalue weighted by atomic mass is 10.1. The molecule has 2 aromatic rings. The van der Waals surface area contributed by atoms with E-state index in [0.717, 1.165) is 5.56 Å². The second-order valence-electron chi connectivity index (χ2n) is 3.54. The standard InChI is InChI=1S/C12H8BrN3O2/c1-7-2-3-8(5-14)4-9(7)18-12-10(13)11(17)15-6-16-12/h2-4,6H,1H3,(H,15,16,17). The first-order valence-electron chi connectivity index (χ1n) is 5.03. The van der Waals surface area contributed by atoms with Gasteiger partial charge in [-0.2, -0.15) is 5.26 Å². The molecule has 0 aliphatic heterocycles. The molecule has 0 fully saturated rings. The molecule has 0 spiro atoms. The van der Waals surface area contributed by atoms with Gasteiger partial charge in [0.25, 0.3) is 5.56 Å². The minimum atomic E-state index is -0.325. The van der Waals surface area contributed by atoms with Gasteiger partial charge >= 0.3 is 0 Å². The topological polar surface area (TPSA) is 78.8 Å². The van der Waals surface area contributed by atoms with Gasteiger partial charge in [0.2, 0.25) is 5.88 Å². The van der Waals surface area contributed by atoms with Crippen molar-refractivity contribution in [2.45, 2.75) is 6.92 Å². The van der Waals surface area contributed by atoms with Gasteiger partial charge in [-0.1, -0.05) is 6.07 Å². The number of aryl methyl sites for hydroxylation is 1. The molecule has 0 aliphatic rings. The number of rotatable bonds is 2. The minimum Gasteiger partial charge on any atom is -0.437 e. The summed E-state index contributed by atoms with van der Waals surface area (Å²) in [6.07, 6.45) is 1.26. The lowest BCUT2D eigenvalue weighted by Gasteiger charge is -2.08. The van der Waals surface area contributed by atoms with Crippen LogP contribution in [0, 0.1) is 18.3 Å². The van der Waals surface area contributed by atoms with Crippen LogP contribution in [0.4, 0.5) is 0 Å². The molecule has 0 unspecified atom stereocenters.